The Morgan fingerprint density at radius 2 is 2.12 bits per heavy atom. The van der Waals surface area contributed by atoms with Crippen molar-refractivity contribution in [1.82, 2.24) is 9.55 Å². The van der Waals surface area contributed by atoms with Crippen molar-refractivity contribution in [1.29, 1.82) is 0 Å². The predicted octanol–water partition coefficient (Wildman–Crippen LogP) is 3.39. The molecule has 0 fully saturated rings. The lowest BCUT2D eigenvalue weighted by atomic mass is 9.98. The van der Waals surface area contributed by atoms with E-state index in [4.69, 9.17) is 0 Å². The molecule has 1 heterocycles. The van der Waals surface area contributed by atoms with Gasteiger partial charge in [0.15, 0.2) is 0 Å². The largest absolute Gasteiger partial charge is 0.355 e. The molecule has 3 heteroatoms. The number of hydrogen-bond donors (Lipinski definition) is 1. The van der Waals surface area contributed by atoms with Gasteiger partial charge in [0.1, 0.15) is 0 Å². The summed E-state index contributed by atoms with van der Waals surface area (Å²) in [7, 11) is 0. The van der Waals surface area contributed by atoms with Crippen molar-refractivity contribution in [2.45, 2.75) is 47.1 Å². The summed E-state index contributed by atoms with van der Waals surface area (Å²) in [5.74, 6) is 2.41. The number of aromatic nitrogens is 2. The fourth-order valence-electron chi connectivity index (χ4n) is 1.47. The van der Waals surface area contributed by atoms with E-state index >= 15 is 0 Å². The molecule has 0 amide bonds. The minimum absolute atomic E-state index is 0.677. The van der Waals surface area contributed by atoms with Crippen molar-refractivity contribution in [2.24, 2.45) is 11.8 Å². The average molecular weight is 223 g/mol. The van der Waals surface area contributed by atoms with Crippen LogP contribution >= 0.6 is 0 Å². The van der Waals surface area contributed by atoms with Gasteiger partial charge >= 0.3 is 0 Å². The third-order valence-electron chi connectivity index (χ3n) is 3.19. The summed E-state index contributed by atoms with van der Waals surface area (Å²) in [4.78, 5) is 4.35. The lowest BCUT2D eigenvalue weighted by Crippen LogP contribution is -2.18. The molecule has 0 saturated carbocycles. The summed E-state index contributed by atoms with van der Waals surface area (Å²) in [5, 5.41) is 3.44. The van der Waals surface area contributed by atoms with Crippen LogP contribution in [-0.4, -0.2) is 16.1 Å². The van der Waals surface area contributed by atoms with Crippen LogP contribution in [0.2, 0.25) is 0 Å². The molecule has 0 aliphatic carbocycles. The molecule has 92 valence electrons. The summed E-state index contributed by atoms with van der Waals surface area (Å²) in [5.41, 5.74) is 0. The van der Waals surface area contributed by atoms with Crippen molar-refractivity contribution in [3.8, 4) is 0 Å². The third-order valence-corrected chi connectivity index (χ3v) is 3.19. The Kier molecular flexibility index (Phi) is 5.36. The first-order valence-corrected chi connectivity index (χ1v) is 6.40. The second kappa shape index (κ2) is 6.56. The van der Waals surface area contributed by atoms with Crippen molar-refractivity contribution < 1.29 is 0 Å². The van der Waals surface area contributed by atoms with Crippen LogP contribution in [0.5, 0.6) is 0 Å². The van der Waals surface area contributed by atoms with E-state index in [2.05, 4.69) is 48.8 Å². The highest BCUT2D eigenvalue weighted by Crippen LogP contribution is 2.12. The van der Waals surface area contributed by atoms with Crippen molar-refractivity contribution >= 4 is 5.95 Å². The van der Waals surface area contributed by atoms with Crippen LogP contribution in [0.25, 0.3) is 0 Å². The number of nitrogens with one attached hydrogen (secondary N) is 1. The van der Waals surface area contributed by atoms with Crippen molar-refractivity contribution in [2.75, 3.05) is 11.9 Å². The van der Waals surface area contributed by atoms with Gasteiger partial charge < -0.3 is 9.88 Å². The Bertz CT molecular complexity index is 291. The molecule has 0 aromatic carbocycles. The number of unbranched alkanes of at least 4 members (excludes halogenated alkanes) is 1. The van der Waals surface area contributed by atoms with Gasteiger partial charge in [0, 0.05) is 25.5 Å². The quantitative estimate of drug-likeness (QED) is 0.768. The fourth-order valence-corrected chi connectivity index (χ4v) is 1.47. The van der Waals surface area contributed by atoms with E-state index in [0.717, 1.165) is 19.0 Å². The molecule has 0 radical (unpaired) electrons. The van der Waals surface area contributed by atoms with E-state index in [1.807, 2.05) is 6.20 Å². The summed E-state index contributed by atoms with van der Waals surface area (Å²) in [6, 6.07) is 0. The maximum absolute atomic E-state index is 4.35. The smallest absolute Gasteiger partial charge is 0.202 e. The maximum Gasteiger partial charge on any atom is 0.202 e. The SMILES string of the molecule is CCCCn1ccnc1NCC(C)C(C)C. The molecule has 1 unspecified atom stereocenters. The summed E-state index contributed by atoms with van der Waals surface area (Å²) >= 11 is 0. The highest BCUT2D eigenvalue weighted by atomic mass is 15.2. The normalized spacial score (nSPS) is 13.1. The number of imidazole rings is 1. The minimum Gasteiger partial charge on any atom is -0.355 e. The van der Waals surface area contributed by atoms with Crippen LogP contribution in [0.4, 0.5) is 5.95 Å². The minimum atomic E-state index is 0.677. The van der Waals surface area contributed by atoms with Gasteiger partial charge in [0.2, 0.25) is 5.95 Å². The van der Waals surface area contributed by atoms with Crippen LogP contribution in [-0.2, 0) is 6.54 Å². The third kappa shape index (κ3) is 3.87. The van der Waals surface area contributed by atoms with E-state index in [1.165, 1.54) is 12.8 Å². The first-order valence-electron chi connectivity index (χ1n) is 6.40. The van der Waals surface area contributed by atoms with Crippen LogP contribution < -0.4 is 5.32 Å². The number of nitrogens with zero attached hydrogens (tertiary/aromatic N) is 2. The summed E-state index contributed by atoms with van der Waals surface area (Å²) in [6.07, 6.45) is 6.36. The van der Waals surface area contributed by atoms with Gasteiger partial charge in [-0.3, -0.25) is 0 Å². The topological polar surface area (TPSA) is 29.9 Å². The monoisotopic (exact) mass is 223 g/mol. The standard InChI is InChI=1S/C13H25N3/c1-5-6-8-16-9-7-14-13(16)15-10-12(4)11(2)3/h7,9,11-12H,5-6,8,10H2,1-4H3,(H,14,15). The number of hydrogen-bond acceptors (Lipinski definition) is 2. The first kappa shape index (κ1) is 13.1. The molecule has 0 spiro atoms. The lowest BCUT2D eigenvalue weighted by Gasteiger charge is -2.17. The zero-order valence-corrected chi connectivity index (χ0v) is 11.0. The van der Waals surface area contributed by atoms with Gasteiger partial charge in [-0.05, 0) is 18.3 Å². The van der Waals surface area contributed by atoms with Gasteiger partial charge in [-0.2, -0.15) is 0 Å². The molecular formula is C13H25N3. The highest BCUT2D eigenvalue weighted by molar-refractivity contribution is 5.25. The first-order chi connectivity index (χ1) is 7.65. The van der Waals surface area contributed by atoms with E-state index in [0.29, 0.717) is 11.8 Å². The number of rotatable bonds is 7. The molecule has 1 N–H and O–H groups in total. The van der Waals surface area contributed by atoms with Gasteiger partial charge in [-0.1, -0.05) is 34.1 Å². The van der Waals surface area contributed by atoms with Crippen LogP contribution in [0.15, 0.2) is 12.4 Å². The van der Waals surface area contributed by atoms with E-state index in [-0.39, 0.29) is 0 Å². The van der Waals surface area contributed by atoms with E-state index < -0.39 is 0 Å². The van der Waals surface area contributed by atoms with Crippen molar-refractivity contribution in [3.63, 3.8) is 0 Å². The van der Waals surface area contributed by atoms with Gasteiger partial charge in [-0.25, -0.2) is 4.98 Å². The van der Waals surface area contributed by atoms with E-state index in [9.17, 15) is 0 Å². The Hall–Kier alpha value is -0.990. The molecule has 1 aromatic heterocycles. The zero-order chi connectivity index (χ0) is 12.0. The molecule has 0 bridgehead atoms. The van der Waals surface area contributed by atoms with Gasteiger partial charge in [0.25, 0.3) is 0 Å². The van der Waals surface area contributed by atoms with Crippen molar-refractivity contribution in [3.05, 3.63) is 12.4 Å². The molecule has 0 aliphatic rings. The molecule has 0 saturated heterocycles. The second-order valence-corrected chi connectivity index (χ2v) is 4.90. The number of anilines is 1. The second-order valence-electron chi connectivity index (χ2n) is 4.90. The summed E-state index contributed by atoms with van der Waals surface area (Å²) in [6.45, 7) is 11.1. The van der Waals surface area contributed by atoms with Gasteiger partial charge in [0.05, 0.1) is 0 Å². The molecule has 0 aliphatic heterocycles. The average Bonchev–Trinajstić information content (AvgIpc) is 2.70. The molecule has 1 atom stereocenters. The van der Waals surface area contributed by atoms with Crippen LogP contribution in [0.1, 0.15) is 40.5 Å². The van der Waals surface area contributed by atoms with Gasteiger partial charge in [-0.15, -0.1) is 0 Å². The fraction of sp³-hybridized carbons (Fsp3) is 0.769. The molecule has 16 heavy (non-hydrogen) atoms. The zero-order valence-electron chi connectivity index (χ0n) is 11.0. The molecule has 1 rings (SSSR count). The van der Waals surface area contributed by atoms with Crippen LogP contribution in [0.3, 0.4) is 0 Å². The Morgan fingerprint density at radius 3 is 2.75 bits per heavy atom. The Labute approximate surface area is 99.3 Å². The maximum atomic E-state index is 4.35. The van der Waals surface area contributed by atoms with Crippen LogP contribution in [0, 0.1) is 11.8 Å². The molecule has 3 nitrogen and oxygen atoms in total. The Balaban J connectivity index is 2.44. The van der Waals surface area contributed by atoms with E-state index in [1.54, 1.807) is 0 Å². The number of aryl methyl sites for hydroxylation is 1. The molecular weight excluding hydrogens is 198 g/mol. The summed E-state index contributed by atoms with van der Waals surface area (Å²) < 4.78 is 2.20. The lowest BCUT2D eigenvalue weighted by molar-refractivity contribution is 0.438. The molecule has 1 aromatic rings. The Morgan fingerprint density at radius 1 is 1.38 bits per heavy atom. The highest BCUT2D eigenvalue weighted by Gasteiger charge is 2.08. The predicted molar refractivity (Wildman–Crippen MR) is 69.6 cm³/mol.